The summed E-state index contributed by atoms with van der Waals surface area (Å²) in [5.74, 6) is -0.402. The third kappa shape index (κ3) is 3.23. The van der Waals surface area contributed by atoms with Gasteiger partial charge in [0, 0.05) is 31.0 Å². The van der Waals surface area contributed by atoms with Crippen LogP contribution in [-0.2, 0) is 4.79 Å². The fourth-order valence-corrected chi connectivity index (χ4v) is 3.29. The van der Waals surface area contributed by atoms with Crippen molar-refractivity contribution in [3.05, 3.63) is 78.1 Å². The molecule has 2 heterocycles. The van der Waals surface area contributed by atoms with Crippen LogP contribution in [0.5, 0.6) is 0 Å². The molecule has 0 N–H and O–H groups in total. The monoisotopic (exact) mass is 371 g/mol. The van der Waals surface area contributed by atoms with Crippen molar-refractivity contribution in [2.24, 2.45) is 0 Å². The topological polar surface area (TPSA) is 82.2 Å². The average Bonchev–Trinajstić information content (AvgIpc) is 3.28. The molecular weight excluding hydrogens is 354 g/mol. The quantitative estimate of drug-likeness (QED) is 0.707. The van der Waals surface area contributed by atoms with E-state index >= 15 is 0 Å². The van der Waals surface area contributed by atoms with Gasteiger partial charge in [-0.3, -0.25) is 9.59 Å². The lowest BCUT2D eigenvalue weighted by atomic mass is 10.1. The second kappa shape index (κ2) is 7.37. The van der Waals surface area contributed by atoms with Crippen molar-refractivity contribution < 1.29 is 9.59 Å². The normalized spacial score (nSPS) is 14.0. The highest BCUT2D eigenvalue weighted by molar-refractivity contribution is 6.02. The van der Waals surface area contributed by atoms with Crippen molar-refractivity contribution in [3.63, 3.8) is 0 Å². The summed E-state index contributed by atoms with van der Waals surface area (Å²) in [6, 6.07) is 18.1. The van der Waals surface area contributed by atoms with Crippen molar-refractivity contribution in [2.75, 3.05) is 24.5 Å². The number of anilines is 1. The highest BCUT2D eigenvalue weighted by atomic mass is 16.2. The number of benzene rings is 2. The molecule has 0 atom stereocenters. The van der Waals surface area contributed by atoms with E-state index in [1.807, 2.05) is 12.1 Å². The summed E-state index contributed by atoms with van der Waals surface area (Å²) >= 11 is 0. The molecule has 1 fully saturated rings. The molecular formula is C21H17N5O2. The number of aromatic nitrogens is 2. The second-order valence-electron chi connectivity index (χ2n) is 6.40. The van der Waals surface area contributed by atoms with Crippen LogP contribution in [0.1, 0.15) is 15.9 Å². The van der Waals surface area contributed by atoms with Gasteiger partial charge in [-0.1, -0.05) is 18.2 Å². The molecule has 28 heavy (non-hydrogen) atoms. The number of para-hydroxylation sites is 1. The van der Waals surface area contributed by atoms with E-state index in [9.17, 15) is 14.9 Å². The minimum Gasteiger partial charge on any atom is -0.328 e. The maximum absolute atomic E-state index is 12.9. The van der Waals surface area contributed by atoms with E-state index in [2.05, 4.69) is 11.2 Å². The molecule has 7 heteroatoms. The summed E-state index contributed by atoms with van der Waals surface area (Å²) < 4.78 is 1.68. The first-order chi connectivity index (χ1) is 13.7. The van der Waals surface area contributed by atoms with Gasteiger partial charge in [-0.25, -0.2) is 4.68 Å². The second-order valence-corrected chi connectivity index (χ2v) is 6.40. The number of carbonyl (C=O) groups excluding carboxylic acids is 2. The summed E-state index contributed by atoms with van der Waals surface area (Å²) in [7, 11) is 0. The first-order valence-corrected chi connectivity index (χ1v) is 8.86. The maximum atomic E-state index is 12.9. The fourth-order valence-electron chi connectivity index (χ4n) is 3.29. The summed E-state index contributed by atoms with van der Waals surface area (Å²) in [5.41, 5.74) is 2.32. The summed E-state index contributed by atoms with van der Waals surface area (Å²) in [4.78, 5) is 28.7. The standard InChI is InChI=1S/C21H17N5O2/c22-14-17-5-1-2-8-19(17)25-12-11-24(15-20(25)27)21(28)16-6-3-7-18(13-16)26-10-4-9-23-26/h1-10,13H,11-12,15H2. The minimum absolute atomic E-state index is 0.0232. The summed E-state index contributed by atoms with van der Waals surface area (Å²) in [6.07, 6.45) is 3.48. The van der Waals surface area contributed by atoms with Crippen LogP contribution >= 0.6 is 0 Å². The van der Waals surface area contributed by atoms with E-state index in [4.69, 9.17) is 0 Å². The maximum Gasteiger partial charge on any atom is 0.254 e. The Hall–Kier alpha value is -3.92. The van der Waals surface area contributed by atoms with Crippen molar-refractivity contribution in [2.45, 2.75) is 0 Å². The lowest BCUT2D eigenvalue weighted by Gasteiger charge is -2.34. The predicted molar refractivity (Wildman–Crippen MR) is 103 cm³/mol. The Balaban J connectivity index is 1.52. The van der Waals surface area contributed by atoms with Crippen LogP contribution in [0.15, 0.2) is 67.0 Å². The predicted octanol–water partition coefficient (Wildman–Crippen LogP) is 2.23. The lowest BCUT2D eigenvalue weighted by Crippen LogP contribution is -2.52. The molecule has 0 radical (unpaired) electrons. The van der Waals surface area contributed by atoms with E-state index in [1.165, 1.54) is 4.90 Å². The van der Waals surface area contributed by atoms with Crippen molar-refractivity contribution in [3.8, 4) is 11.8 Å². The zero-order chi connectivity index (χ0) is 19.5. The van der Waals surface area contributed by atoms with Crippen LogP contribution in [0.3, 0.4) is 0 Å². The Bertz CT molecular complexity index is 1070. The van der Waals surface area contributed by atoms with Gasteiger partial charge in [-0.05, 0) is 36.4 Å². The number of hydrogen-bond donors (Lipinski definition) is 0. The highest BCUT2D eigenvalue weighted by Crippen LogP contribution is 2.22. The number of rotatable bonds is 3. The van der Waals surface area contributed by atoms with E-state index in [-0.39, 0.29) is 18.4 Å². The van der Waals surface area contributed by atoms with E-state index in [0.717, 1.165) is 5.69 Å². The number of hydrogen-bond acceptors (Lipinski definition) is 4. The first-order valence-electron chi connectivity index (χ1n) is 8.86. The fraction of sp³-hybridized carbons (Fsp3) is 0.143. The number of piperazine rings is 1. The van der Waals surface area contributed by atoms with Crippen molar-refractivity contribution in [1.82, 2.24) is 14.7 Å². The molecule has 138 valence electrons. The Morgan fingerprint density at radius 1 is 1.07 bits per heavy atom. The third-order valence-corrected chi connectivity index (χ3v) is 4.69. The Morgan fingerprint density at radius 2 is 1.93 bits per heavy atom. The highest BCUT2D eigenvalue weighted by Gasteiger charge is 2.29. The molecule has 0 bridgehead atoms. The van der Waals surface area contributed by atoms with Gasteiger partial charge < -0.3 is 9.80 Å². The van der Waals surface area contributed by atoms with E-state index in [1.54, 1.807) is 64.4 Å². The number of carbonyl (C=O) groups is 2. The molecule has 0 unspecified atom stereocenters. The first kappa shape index (κ1) is 17.5. The van der Waals surface area contributed by atoms with Gasteiger partial charge in [0.15, 0.2) is 0 Å². The third-order valence-electron chi connectivity index (χ3n) is 4.69. The molecule has 2 aromatic carbocycles. The van der Waals surface area contributed by atoms with Crippen LogP contribution < -0.4 is 4.90 Å². The van der Waals surface area contributed by atoms with Crippen LogP contribution in [0.2, 0.25) is 0 Å². The summed E-state index contributed by atoms with van der Waals surface area (Å²) in [6.45, 7) is 0.725. The molecule has 0 aliphatic carbocycles. The number of nitriles is 1. The molecule has 0 spiro atoms. The number of nitrogens with zero attached hydrogens (tertiary/aromatic N) is 5. The van der Waals surface area contributed by atoms with Crippen LogP contribution in [-0.4, -0.2) is 46.1 Å². The molecule has 7 nitrogen and oxygen atoms in total. The van der Waals surface area contributed by atoms with Crippen molar-refractivity contribution in [1.29, 1.82) is 5.26 Å². The SMILES string of the molecule is N#Cc1ccccc1N1CCN(C(=O)c2cccc(-n3cccn3)c2)CC1=O. The molecule has 1 aromatic heterocycles. The Labute approximate surface area is 162 Å². The average molecular weight is 371 g/mol. The van der Waals surface area contributed by atoms with E-state index in [0.29, 0.717) is 29.9 Å². The van der Waals surface area contributed by atoms with Gasteiger partial charge in [0.25, 0.3) is 5.91 Å². The van der Waals surface area contributed by atoms with Gasteiger partial charge in [-0.15, -0.1) is 0 Å². The van der Waals surface area contributed by atoms with Gasteiger partial charge in [0.05, 0.1) is 16.9 Å². The van der Waals surface area contributed by atoms with Crippen LogP contribution in [0.4, 0.5) is 5.69 Å². The largest absolute Gasteiger partial charge is 0.328 e. The molecule has 2 amide bonds. The zero-order valence-corrected chi connectivity index (χ0v) is 15.0. The molecule has 1 aliphatic rings. The molecule has 1 aliphatic heterocycles. The van der Waals surface area contributed by atoms with E-state index < -0.39 is 0 Å². The van der Waals surface area contributed by atoms with Gasteiger partial charge >= 0.3 is 0 Å². The molecule has 3 aromatic rings. The zero-order valence-electron chi connectivity index (χ0n) is 15.0. The van der Waals surface area contributed by atoms with Gasteiger partial charge in [0.2, 0.25) is 5.91 Å². The lowest BCUT2D eigenvalue weighted by molar-refractivity contribution is -0.120. The van der Waals surface area contributed by atoms with Crippen molar-refractivity contribution >= 4 is 17.5 Å². The molecule has 0 saturated carbocycles. The van der Waals surface area contributed by atoms with Gasteiger partial charge in [0.1, 0.15) is 12.6 Å². The minimum atomic E-state index is -0.203. The van der Waals surface area contributed by atoms with Crippen LogP contribution in [0.25, 0.3) is 5.69 Å². The Kier molecular flexibility index (Phi) is 4.60. The van der Waals surface area contributed by atoms with Crippen LogP contribution in [0, 0.1) is 11.3 Å². The number of amides is 2. The van der Waals surface area contributed by atoms with Gasteiger partial charge in [-0.2, -0.15) is 10.4 Å². The molecule has 1 saturated heterocycles. The molecule has 4 rings (SSSR count). The Morgan fingerprint density at radius 3 is 2.68 bits per heavy atom. The summed E-state index contributed by atoms with van der Waals surface area (Å²) in [5, 5.41) is 13.4. The smallest absolute Gasteiger partial charge is 0.254 e.